The van der Waals surface area contributed by atoms with Gasteiger partial charge < -0.3 is 10.3 Å². The number of carbonyl (C=O) groups excluding carboxylic acids is 1. The summed E-state index contributed by atoms with van der Waals surface area (Å²) in [5.74, 6) is -0.401. The number of nitrogens with zero attached hydrogens (tertiary/aromatic N) is 1. The number of aryl methyl sites for hydroxylation is 1. The first-order valence-electron chi connectivity index (χ1n) is 8.68. The van der Waals surface area contributed by atoms with Crippen molar-refractivity contribution in [1.82, 2.24) is 4.57 Å². The summed E-state index contributed by atoms with van der Waals surface area (Å²) in [7, 11) is 0. The van der Waals surface area contributed by atoms with Gasteiger partial charge in [0.2, 0.25) is 0 Å². The molecule has 0 spiro atoms. The van der Waals surface area contributed by atoms with Crippen LogP contribution < -0.4 is 5.73 Å². The number of hydrogen-bond acceptors (Lipinski definition) is 2. The highest BCUT2D eigenvalue weighted by Crippen LogP contribution is 2.40. The molecule has 2 aromatic heterocycles. The van der Waals surface area contributed by atoms with Gasteiger partial charge in [0, 0.05) is 22.0 Å². The van der Waals surface area contributed by atoms with Crippen LogP contribution in [0, 0.1) is 13.8 Å². The van der Waals surface area contributed by atoms with Gasteiger partial charge in [-0.2, -0.15) is 0 Å². The Labute approximate surface area is 167 Å². The maximum Gasteiger partial charge on any atom is 0.250 e. The lowest BCUT2D eigenvalue weighted by Gasteiger charge is -2.12. The average molecular weight is 395 g/mol. The SMILES string of the molecule is Cc1c(-c2cc(C(N)=O)c(C)n2Cc2ccccc2)sc2ccc(Cl)cc12. The van der Waals surface area contributed by atoms with Gasteiger partial charge in [0.15, 0.2) is 0 Å². The molecule has 0 unspecified atom stereocenters. The summed E-state index contributed by atoms with van der Waals surface area (Å²) in [6.45, 7) is 4.74. The van der Waals surface area contributed by atoms with Crippen molar-refractivity contribution in [3.8, 4) is 10.6 Å². The highest BCUT2D eigenvalue weighted by Gasteiger charge is 2.20. The Bertz CT molecular complexity index is 1160. The molecule has 3 nitrogen and oxygen atoms in total. The van der Waals surface area contributed by atoms with E-state index in [0.717, 1.165) is 26.7 Å². The zero-order chi connectivity index (χ0) is 19.1. The second kappa shape index (κ2) is 6.87. The highest BCUT2D eigenvalue weighted by molar-refractivity contribution is 7.22. The third kappa shape index (κ3) is 3.15. The maximum atomic E-state index is 12.0. The van der Waals surface area contributed by atoms with Crippen LogP contribution in [0.3, 0.4) is 0 Å². The number of aromatic nitrogens is 1. The summed E-state index contributed by atoms with van der Waals surface area (Å²) in [5, 5.41) is 1.87. The molecule has 0 atom stereocenters. The van der Waals surface area contributed by atoms with Gasteiger partial charge in [0.1, 0.15) is 0 Å². The zero-order valence-corrected chi connectivity index (χ0v) is 16.7. The molecule has 0 saturated carbocycles. The van der Waals surface area contributed by atoms with E-state index in [-0.39, 0.29) is 0 Å². The van der Waals surface area contributed by atoms with Gasteiger partial charge in [-0.15, -0.1) is 11.3 Å². The van der Waals surface area contributed by atoms with E-state index in [2.05, 4.69) is 23.6 Å². The van der Waals surface area contributed by atoms with Crippen molar-refractivity contribution < 1.29 is 4.79 Å². The van der Waals surface area contributed by atoms with E-state index in [1.54, 1.807) is 11.3 Å². The van der Waals surface area contributed by atoms with E-state index < -0.39 is 5.91 Å². The average Bonchev–Trinajstić information content (AvgIpc) is 3.14. The molecule has 0 aliphatic heterocycles. The molecule has 0 fully saturated rings. The van der Waals surface area contributed by atoms with Gasteiger partial charge in [0.05, 0.1) is 16.1 Å². The Hall–Kier alpha value is -2.56. The third-order valence-corrected chi connectivity index (χ3v) is 6.48. The predicted octanol–water partition coefficient (Wildman–Crippen LogP) is 5.79. The number of nitrogens with two attached hydrogens (primary N) is 1. The number of amides is 1. The Morgan fingerprint density at radius 2 is 1.85 bits per heavy atom. The minimum atomic E-state index is -0.401. The monoisotopic (exact) mass is 394 g/mol. The number of thiophene rings is 1. The molecule has 5 heteroatoms. The first kappa shape index (κ1) is 17.8. The van der Waals surface area contributed by atoms with Crippen LogP contribution in [0.15, 0.2) is 54.6 Å². The van der Waals surface area contributed by atoms with Gasteiger partial charge in [-0.3, -0.25) is 4.79 Å². The van der Waals surface area contributed by atoms with E-state index in [0.29, 0.717) is 12.1 Å². The molecule has 4 rings (SSSR count). The molecule has 1 amide bonds. The molecule has 27 heavy (non-hydrogen) atoms. The Morgan fingerprint density at radius 1 is 1.11 bits per heavy atom. The van der Waals surface area contributed by atoms with Crippen molar-refractivity contribution >= 4 is 38.9 Å². The number of carbonyl (C=O) groups is 1. The van der Waals surface area contributed by atoms with E-state index >= 15 is 0 Å². The van der Waals surface area contributed by atoms with Crippen molar-refractivity contribution in [2.24, 2.45) is 5.73 Å². The van der Waals surface area contributed by atoms with Gasteiger partial charge >= 0.3 is 0 Å². The minimum Gasteiger partial charge on any atom is -0.366 e. The first-order chi connectivity index (χ1) is 13.0. The normalized spacial score (nSPS) is 11.2. The fourth-order valence-corrected chi connectivity index (χ4v) is 4.88. The molecule has 2 aromatic carbocycles. The summed E-state index contributed by atoms with van der Waals surface area (Å²) in [5.41, 5.74) is 10.4. The van der Waals surface area contributed by atoms with Crippen LogP contribution >= 0.6 is 22.9 Å². The molecule has 0 radical (unpaired) electrons. The molecule has 0 aliphatic rings. The van der Waals surface area contributed by atoms with Crippen molar-refractivity contribution in [1.29, 1.82) is 0 Å². The van der Waals surface area contributed by atoms with Crippen LogP contribution in [0.2, 0.25) is 5.02 Å². The molecular formula is C22H19ClN2OS. The van der Waals surface area contributed by atoms with Crippen molar-refractivity contribution in [2.75, 3.05) is 0 Å². The van der Waals surface area contributed by atoms with Crippen LogP contribution in [0.4, 0.5) is 0 Å². The topological polar surface area (TPSA) is 48.0 Å². The number of hydrogen-bond donors (Lipinski definition) is 1. The fraction of sp³-hybridized carbons (Fsp3) is 0.136. The molecule has 0 aliphatic carbocycles. The molecule has 0 bridgehead atoms. The third-order valence-electron chi connectivity index (χ3n) is 4.95. The number of rotatable bonds is 4. The Balaban J connectivity index is 1.93. The van der Waals surface area contributed by atoms with E-state index in [1.807, 2.05) is 49.4 Å². The van der Waals surface area contributed by atoms with Gasteiger partial charge in [-0.05, 0) is 54.6 Å². The lowest BCUT2D eigenvalue weighted by atomic mass is 10.1. The molecule has 136 valence electrons. The minimum absolute atomic E-state index is 0.401. The lowest BCUT2D eigenvalue weighted by Crippen LogP contribution is -2.12. The second-order valence-corrected chi connectivity index (χ2v) is 8.15. The standard InChI is InChI=1S/C22H19ClN2OS/c1-13-17-10-16(23)8-9-20(17)27-21(13)19-11-18(22(24)26)14(2)25(19)12-15-6-4-3-5-7-15/h3-11H,12H2,1-2H3,(H2,24,26). The molecular weight excluding hydrogens is 376 g/mol. The van der Waals surface area contributed by atoms with Crippen molar-refractivity contribution in [3.63, 3.8) is 0 Å². The fourth-order valence-electron chi connectivity index (χ4n) is 3.49. The van der Waals surface area contributed by atoms with Crippen molar-refractivity contribution in [2.45, 2.75) is 20.4 Å². The van der Waals surface area contributed by atoms with Crippen LogP contribution in [-0.4, -0.2) is 10.5 Å². The maximum absolute atomic E-state index is 12.0. The van der Waals surface area contributed by atoms with E-state index in [1.165, 1.54) is 15.8 Å². The van der Waals surface area contributed by atoms with E-state index in [4.69, 9.17) is 17.3 Å². The lowest BCUT2D eigenvalue weighted by molar-refractivity contribution is 0.0999. The number of primary amides is 1. The summed E-state index contributed by atoms with van der Waals surface area (Å²) < 4.78 is 3.35. The zero-order valence-electron chi connectivity index (χ0n) is 15.1. The van der Waals surface area contributed by atoms with Crippen LogP contribution in [-0.2, 0) is 6.54 Å². The van der Waals surface area contributed by atoms with Gasteiger partial charge in [0.25, 0.3) is 5.91 Å². The van der Waals surface area contributed by atoms with Crippen LogP contribution in [0.1, 0.15) is 27.2 Å². The summed E-state index contributed by atoms with van der Waals surface area (Å²) in [6.07, 6.45) is 0. The molecule has 2 heterocycles. The first-order valence-corrected chi connectivity index (χ1v) is 9.88. The van der Waals surface area contributed by atoms with Gasteiger partial charge in [-0.1, -0.05) is 41.9 Å². The smallest absolute Gasteiger partial charge is 0.250 e. The number of halogens is 1. The quantitative estimate of drug-likeness (QED) is 0.468. The highest BCUT2D eigenvalue weighted by atomic mass is 35.5. The van der Waals surface area contributed by atoms with Crippen LogP contribution in [0.5, 0.6) is 0 Å². The van der Waals surface area contributed by atoms with Gasteiger partial charge in [-0.25, -0.2) is 0 Å². The van der Waals surface area contributed by atoms with E-state index in [9.17, 15) is 4.79 Å². The summed E-state index contributed by atoms with van der Waals surface area (Å²) in [4.78, 5) is 13.1. The predicted molar refractivity (Wildman–Crippen MR) is 114 cm³/mol. The Kier molecular flexibility index (Phi) is 4.54. The molecule has 2 N–H and O–H groups in total. The second-order valence-electron chi connectivity index (χ2n) is 6.66. The van der Waals surface area contributed by atoms with Crippen molar-refractivity contribution in [3.05, 3.63) is 82.0 Å². The van der Waals surface area contributed by atoms with Crippen LogP contribution in [0.25, 0.3) is 20.7 Å². The molecule has 4 aromatic rings. The Morgan fingerprint density at radius 3 is 2.56 bits per heavy atom. The summed E-state index contributed by atoms with van der Waals surface area (Å²) >= 11 is 7.91. The number of benzene rings is 2. The molecule has 0 saturated heterocycles. The largest absolute Gasteiger partial charge is 0.366 e. The number of fused-ring (bicyclic) bond motifs is 1. The summed E-state index contributed by atoms with van der Waals surface area (Å²) in [6, 6.07) is 18.1.